The highest BCUT2D eigenvalue weighted by molar-refractivity contribution is 7.16. The molecule has 0 bridgehead atoms. The largest absolute Gasteiger partial charge is 0.314 e. The fraction of sp³-hybridized carbons (Fsp3) is 0.667. The van der Waals surface area contributed by atoms with Crippen LogP contribution in [0.1, 0.15) is 24.1 Å². The Morgan fingerprint density at radius 1 is 1.50 bits per heavy atom. The van der Waals surface area contributed by atoms with E-state index in [9.17, 15) is 0 Å². The molecule has 0 radical (unpaired) electrons. The van der Waals surface area contributed by atoms with Gasteiger partial charge in [-0.05, 0) is 51.5 Å². The van der Waals surface area contributed by atoms with Gasteiger partial charge in [-0.2, -0.15) is 0 Å². The Balaban J connectivity index is 1.57. The Morgan fingerprint density at radius 2 is 2.31 bits per heavy atom. The average molecular weight is 259 g/mol. The predicted octanol–water partition coefficient (Wildman–Crippen LogP) is 2.98. The molecule has 1 fully saturated rings. The third-order valence-corrected chi connectivity index (χ3v) is 4.00. The number of hydrogen-bond donors (Lipinski definition) is 1. The van der Waals surface area contributed by atoms with Gasteiger partial charge in [0, 0.05) is 17.5 Å². The van der Waals surface area contributed by atoms with E-state index in [4.69, 9.17) is 11.6 Å². The first-order valence-electron chi connectivity index (χ1n) is 5.90. The van der Waals surface area contributed by atoms with Crippen molar-refractivity contribution in [3.63, 3.8) is 0 Å². The fourth-order valence-electron chi connectivity index (χ4n) is 1.72. The van der Waals surface area contributed by atoms with Crippen LogP contribution < -0.4 is 5.32 Å². The van der Waals surface area contributed by atoms with Gasteiger partial charge in [0.15, 0.2) is 0 Å². The molecular weight excluding hydrogens is 240 g/mol. The SMILES string of the molecule is CN(CCCNC1CC1)Cc1ccc(Cl)s1. The molecule has 0 unspecified atom stereocenters. The maximum Gasteiger partial charge on any atom is 0.0931 e. The summed E-state index contributed by atoms with van der Waals surface area (Å²) in [5.41, 5.74) is 0. The fourth-order valence-corrected chi connectivity index (χ4v) is 2.89. The van der Waals surface area contributed by atoms with Crippen LogP contribution in [0, 0.1) is 0 Å². The van der Waals surface area contributed by atoms with Crippen LogP contribution in [0.15, 0.2) is 12.1 Å². The summed E-state index contributed by atoms with van der Waals surface area (Å²) in [4.78, 5) is 3.71. The lowest BCUT2D eigenvalue weighted by atomic mass is 10.3. The van der Waals surface area contributed by atoms with Gasteiger partial charge >= 0.3 is 0 Å². The smallest absolute Gasteiger partial charge is 0.0931 e. The van der Waals surface area contributed by atoms with Gasteiger partial charge in [0.1, 0.15) is 0 Å². The zero-order valence-electron chi connectivity index (χ0n) is 9.71. The molecule has 4 heteroatoms. The van der Waals surface area contributed by atoms with Gasteiger partial charge in [0.2, 0.25) is 0 Å². The molecule has 16 heavy (non-hydrogen) atoms. The monoisotopic (exact) mass is 258 g/mol. The lowest BCUT2D eigenvalue weighted by Gasteiger charge is -2.15. The molecule has 1 heterocycles. The summed E-state index contributed by atoms with van der Waals surface area (Å²) >= 11 is 7.58. The van der Waals surface area contributed by atoms with E-state index in [0.717, 1.165) is 30.0 Å². The normalized spacial score (nSPS) is 15.9. The minimum Gasteiger partial charge on any atom is -0.314 e. The molecule has 1 aromatic rings. The highest BCUT2D eigenvalue weighted by Crippen LogP contribution is 2.22. The van der Waals surface area contributed by atoms with E-state index >= 15 is 0 Å². The van der Waals surface area contributed by atoms with Gasteiger partial charge in [0.25, 0.3) is 0 Å². The summed E-state index contributed by atoms with van der Waals surface area (Å²) in [5.74, 6) is 0. The number of halogens is 1. The zero-order chi connectivity index (χ0) is 11.4. The van der Waals surface area contributed by atoms with Crippen LogP contribution in [-0.4, -0.2) is 31.1 Å². The molecule has 0 atom stereocenters. The van der Waals surface area contributed by atoms with Gasteiger partial charge in [-0.15, -0.1) is 11.3 Å². The zero-order valence-corrected chi connectivity index (χ0v) is 11.3. The van der Waals surface area contributed by atoms with E-state index in [1.807, 2.05) is 6.07 Å². The van der Waals surface area contributed by atoms with Gasteiger partial charge in [-0.25, -0.2) is 0 Å². The maximum atomic E-state index is 5.90. The molecule has 1 N–H and O–H groups in total. The third kappa shape index (κ3) is 4.42. The minimum atomic E-state index is 0.835. The van der Waals surface area contributed by atoms with Crippen molar-refractivity contribution in [2.75, 3.05) is 20.1 Å². The van der Waals surface area contributed by atoms with Crippen LogP contribution in [0.2, 0.25) is 4.34 Å². The molecule has 0 spiro atoms. The van der Waals surface area contributed by atoms with Gasteiger partial charge in [0.05, 0.1) is 4.34 Å². The first kappa shape index (κ1) is 12.4. The molecule has 0 aromatic carbocycles. The van der Waals surface area contributed by atoms with Gasteiger partial charge in [-0.1, -0.05) is 11.6 Å². The first-order valence-corrected chi connectivity index (χ1v) is 7.09. The molecule has 1 saturated carbocycles. The van der Waals surface area contributed by atoms with E-state index in [1.54, 1.807) is 11.3 Å². The lowest BCUT2D eigenvalue weighted by Crippen LogP contribution is -2.24. The van der Waals surface area contributed by atoms with Gasteiger partial charge in [-0.3, -0.25) is 0 Å². The Kier molecular flexibility index (Phi) is 4.65. The molecule has 0 amide bonds. The first-order chi connectivity index (χ1) is 7.74. The second kappa shape index (κ2) is 6.01. The second-order valence-corrected chi connectivity index (χ2v) is 6.33. The second-order valence-electron chi connectivity index (χ2n) is 4.53. The summed E-state index contributed by atoms with van der Waals surface area (Å²) in [7, 11) is 2.17. The van der Waals surface area contributed by atoms with Crippen molar-refractivity contribution >= 4 is 22.9 Å². The molecule has 1 aromatic heterocycles. The summed E-state index contributed by atoms with van der Waals surface area (Å²) in [6, 6.07) is 4.93. The van der Waals surface area contributed by atoms with E-state index in [1.165, 1.54) is 24.1 Å². The van der Waals surface area contributed by atoms with Crippen LogP contribution in [0.5, 0.6) is 0 Å². The summed E-state index contributed by atoms with van der Waals surface area (Å²) < 4.78 is 0.888. The van der Waals surface area contributed by atoms with Crippen molar-refractivity contribution in [1.82, 2.24) is 10.2 Å². The molecule has 2 rings (SSSR count). The Labute approximate surface area is 107 Å². The molecule has 1 aliphatic rings. The predicted molar refractivity (Wildman–Crippen MR) is 71.3 cm³/mol. The standard InChI is InChI=1S/C12H19ClN2S/c1-15(8-2-7-14-10-3-4-10)9-11-5-6-12(13)16-11/h5-6,10,14H,2-4,7-9H2,1H3. The molecule has 0 aliphatic heterocycles. The van der Waals surface area contributed by atoms with Crippen LogP contribution in [-0.2, 0) is 6.54 Å². The molecule has 1 aliphatic carbocycles. The van der Waals surface area contributed by atoms with E-state index in [0.29, 0.717) is 0 Å². The van der Waals surface area contributed by atoms with Crippen LogP contribution in [0.25, 0.3) is 0 Å². The van der Waals surface area contributed by atoms with Crippen molar-refractivity contribution in [3.8, 4) is 0 Å². The van der Waals surface area contributed by atoms with Crippen molar-refractivity contribution in [3.05, 3.63) is 21.3 Å². The molecular formula is C12H19ClN2S. The topological polar surface area (TPSA) is 15.3 Å². The van der Waals surface area contributed by atoms with E-state index in [-0.39, 0.29) is 0 Å². The number of hydrogen-bond acceptors (Lipinski definition) is 3. The van der Waals surface area contributed by atoms with Crippen molar-refractivity contribution in [1.29, 1.82) is 0 Å². The highest BCUT2D eigenvalue weighted by atomic mass is 35.5. The average Bonchev–Trinajstić information content (AvgIpc) is 2.98. The number of nitrogens with one attached hydrogen (secondary N) is 1. The van der Waals surface area contributed by atoms with Crippen LogP contribution >= 0.6 is 22.9 Å². The number of thiophene rings is 1. The maximum absolute atomic E-state index is 5.90. The quantitative estimate of drug-likeness (QED) is 0.757. The molecule has 90 valence electrons. The third-order valence-electron chi connectivity index (χ3n) is 2.78. The number of nitrogens with zero attached hydrogens (tertiary/aromatic N) is 1. The minimum absolute atomic E-state index is 0.835. The lowest BCUT2D eigenvalue weighted by molar-refractivity contribution is 0.322. The van der Waals surface area contributed by atoms with Crippen molar-refractivity contribution < 1.29 is 0 Å². The number of rotatable bonds is 7. The Bertz CT molecular complexity index is 323. The molecule has 0 saturated heterocycles. The molecule has 2 nitrogen and oxygen atoms in total. The van der Waals surface area contributed by atoms with Crippen LogP contribution in [0.3, 0.4) is 0 Å². The van der Waals surface area contributed by atoms with Crippen LogP contribution in [0.4, 0.5) is 0 Å². The summed E-state index contributed by atoms with van der Waals surface area (Å²) in [6.45, 7) is 3.32. The van der Waals surface area contributed by atoms with E-state index in [2.05, 4.69) is 23.3 Å². The van der Waals surface area contributed by atoms with E-state index < -0.39 is 0 Å². The van der Waals surface area contributed by atoms with Crippen molar-refractivity contribution in [2.45, 2.75) is 31.8 Å². The summed E-state index contributed by atoms with van der Waals surface area (Å²) in [5, 5.41) is 3.53. The Morgan fingerprint density at radius 3 is 2.94 bits per heavy atom. The highest BCUT2D eigenvalue weighted by Gasteiger charge is 2.19. The van der Waals surface area contributed by atoms with Crippen molar-refractivity contribution in [2.24, 2.45) is 0 Å². The Hall–Kier alpha value is -0.0900. The summed E-state index contributed by atoms with van der Waals surface area (Å²) in [6.07, 6.45) is 3.99. The van der Waals surface area contributed by atoms with Gasteiger partial charge < -0.3 is 10.2 Å².